The Labute approximate surface area is 121 Å². The smallest absolute Gasteiger partial charge is 0.316 e. The summed E-state index contributed by atoms with van der Waals surface area (Å²) in [5.41, 5.74) is 0.395. The topological polar surface area (TPSA) is 68.3 Å². The van der Waals surface area contributed by atoms with Gasteiger partial charge in [-0.2, -0.15) is 22.7 Å². The van der Waals surface area contributed by atoms with Crippen LogP contribution in [0, 0.1) is 6.92 Å². The molecule has 0 N–H and O–H groups in total. The van der Waals surface area contributed by atoms with E-state index in [0.29, 0.717) is 5.69 Å². The first-order valence-electron chi connectivity index (χ1n) is 6.23. The molecule has 0 fully saturated rings. The normalized spacial score (nSPS) is 12.3. The highest BCUT2D eigenvalue weighted by molar-refractivity contribution is 5.79. The largest absolute Gasteiger partial charge is 0.453 e. The van der Waals surface area contributed by atoms with Gasteiger partial charge in [-0.25, -0.2) is 9.66 Å². The molecule has 0 saturated carbocycles. The van der Waals surface area contributed by atoms with E-state index in [4.69, 9.17) is 0 Å². The highest BCUT2D eigenvalue weighted by Crippen LogP contribution is 2.26. The van der Waals surface area contributed by atoms with Crippen molar-refractivity contribution in [3.8, 4) is 0 Å². The summed E-state index contributed by atoms with van der Waals surface area (Å²) in [6.07, 6.45) is -3.46. The van der Waals surface area contributed by atoms with E-state index in [1.54, 1.807) is 32.1 Å². The summed E-state index contributed by atoms with van der Waals surface area (Å²) in [4.78, 5) is 19.6. The monoisotopic (exact) mass is 312 g/mol. The second-order valence-electron chi connectivity index (χ2n) is 4.95. The second-order valence-corrected chi connectivity index (χ2v) is 4.95. The molecule has 0 aliphatic carbocycles. The number of fused-ring (bicyclic) bond motifs is 3. The van der Waals surface area contributed by atoms with Crippen LogP contribution in [-0.2, 0) is 6.18 Å². The maximum atomic E-state index is 12.7. The highest BCUT2D eigenvalue weighted by Gasteiger charge is 2.36. The van der Waals surface area contributed by atoms with Crippen molar-refractivity contribution >= 4 is 16.7 Å². The van der Waals surface area contributed by atoms with Gasteiger partial charge >= 0.3 is 6.18 Å². The number of alkyl halides is 3. The number of halogens is 3. The number of aromatic nitrogens is 5. The molecule has 3 rings (SSSR count). The Morgan fingerprint density at radius 1 is 1.27 bits per heavy atom. The van der Waals surface area contributed by atoms with E-state index in [1.807, 2.05) is 0 Å². The molecular formula is C12H11F3N6O. The zero-order chi connectivity index (χ0) is 16.2. The fraction of sp³-hybridized carbons (Fsp3) is 0.333. The van der Waals surface area contributed by atoms with E-state index in [-0.39, 0.29) is 16.7 Å². The van der Waals surface area contributed by atoms with Crippen molar-refractivity contribution in [2.75, 3.05) is 19.1 Å². The molecule has 0 bridgehead atoms. The molecule has 0 spiro atoms. The minimum Gasteiger partial charge on any atom is -0.316 e. The third kappa shape index (κ3) is 1.98. The Balaban J connectivity index is 2.43. The maximum absolute atomic E-state index is 12.7. The first-order chi connectivity index (χ1) is 10.2. The molecule has 0 atom stereocenters. The highest BCUT2D eigenvalue weighted by atomic mass is 19.4. The lowest BCUT2D eigenvalue weighted by Crippen LogP contribution is -2.37. The molecule has 0 aliphatic heterocycles. The van der Waals surface area contributed by atoms with Gasteiger partial charge in [-0.1, -0.05) is 0 Å². The molecule has 7 nitrogen and oxygen atoms in total. The molecule has 0 amide bonds. The fourth-order valence-electron chi connectivity index (χ4n) is 2.31. The van der Waals surface area contributed by atoms with Gasteiger partial charge in [-0.3, -0.25) is 4.79 Å². The SMILES string of the molecule is Cc1cc2c(cnc3nc(C(F)(F)F)nn32)c(=O)n1N(C)C. The van der Waals surface area contributed by atoms with Crippen LogP contribution >= 0.6 is 0 Å². The van der Waals surface area contributed by atoms with Crippen molar-refractivity contribution in [3.63, 3.8) is 0 Å². The van der Waals surface area contributed by atoms with E-state index in [1.165, 1.54) is 10.9 Å². The molecule has 10 heteroatoms. The average molecular weight is 312 g/mol. The standard InChI is InChI=1S/C12H11F3N6O/c1-6-4-8-7(9(22)21(6)19(2)3)5-16-11-17-10(12(13,14)15)18-20(8)11/h4-5H,1-3H3. The molecule has 3 aromatic heterocycles. The summed E-state index contributed by atoms with van der Waals surface area (Å²) < 4.78 is 40.5. The molecule has 0 saturated heterocycles. The Hall–Kier alpha value is -2.65. The van der Waals surface area contributed by atoms with Gasteiger partial charge in [-0.05, 0) is 13.0 Å². The lowest BCUT2D eigenvalue weighted by Gasteiger charge is -2.19. The Morgan fingerprint density at radius 2 is 1.95 bits per heavy atom. The van der Waals surface area contributed by atoms with Crippen molar-refractivity contribution in [2.24, 2.45) is 0 Å². The van der Waals surface area contributed by atoms with Gasteiger partial charge < -0.3 is 5.01 Å². The van der Waals surface area contributed by atoms with Gasteiger partial charge in [0.1, 0.15) is 0 Å². The van der Waals surface area contributed by atoms with Gasteiger partial charge in [0.15, 0.2) is 0 Å². The zero-order valence-corrected chi connectivity index (χ0v) is 11.9. The van der Waals surface area contributed by atoms with Crippen LogP contribution in [-0.4, -0.2) is 38.4 Å². The van der Waals surface area contributed by atoms with Crippen molar-refractivity contribution < 1.29 is 13.2 Å². The fourth-order valence-corrected chi connectivity index (χ4v) is 2.31. The van der Waals surface area contributed by atoms with Gasteiger partial charge in [0.05, 0.1) is 10.9 Å². The zero-order valence-electron chi connectivity index (χ0n) is 11.9. The van der Waals surface area contributed by atoms with Crippen molar-refractivity contribution in [3.05, 3.63) is 34.1 Å². The van der Waals surface area contributed by atoms with E-state index in [0.717, 1.165) is 4.52 Å². The minimum atomic E-state index is -4.67. The quantitative estimate of drug-likeness (QED) is 0.669. The molecule has 22 heavy (non-hydrogen) atoms. The number of aryl methyl sites for hydroxylation is 1. The molecular weight excluding hydrogens is 301 g/mol. The summed E-state index contributed by atoms with van der Waals surface area (Å²) in [6.45, 7) is 1.68. The average Bonchev–Trinajstić information content (AvgIpc) is 2.82. The van der Waals surface area contributed by atoms with Crippen molar-refractivity contribution in [2.45, 2.75) is 13.1 Å². The molecule has 0 radical (unpaired) electrons. The lowest BCUT2D eigenvalue weighted by molar-refractivity contribution is -0.144. The number of hydrogen-bond donors (Lipinski definition) is 0. The van der Waals surface area contributed by atoms with Crippen LogP contribution in [0.5, 0.6) is 0 Å². The number of hydrogen-bond acceptors (Lipinski definition) is 5. The van der Waals surface area contributed by atoms with Crippen LogP contribution in [0.3, 0.4) is 0 Å². The Kier molecular flexibility index (Phi) is 2.87. The van der Waals surface area contributed by atoms with Gasteiger partial charge in [0, 0.05) is 26.0 Å². The summed E-state index contributed by atoms with van der Waals surface area (Å²) in [7, 11) is 3.37. The van der Waals surface area contributed by atoms with Gasteiger partial charge in [-0.15, -0.1) is 5.10 Å². The van der Waals surface area contributed by atoms with Crippen LogP contribution in [0.2, 0.25) is 0 Å². The van der Waals surface area contributed by atoms with Crippen LogP contribution < -0.4 is 10.6 Å². The van der Waals surface area contributed by atoms with Crippen LogP contribution in [0.15, 0.2) is 17.1 Å². The van der Waals surface area contributed by atoms with Crippen LogP contribution in [0.4, 0.5) is 13.2 Å². The molecule has 3 heterocycles. The lowest BCUT2D eigenvalue weighted by atomic mass is 10.2. The third-order valence-electron chi connectivity index (χ3n) is 3.16. The van der Waals surface area contributed by atoms with Crippen LogP contribution in [0.1, 0.15) is 11.5 Å². The molecule has 0 aliphatic rings. The summed E-state index contributed by atoms with van der Waals surface area (Å²) in [6, 6.07) is 1.57. The summed E-state index contributed by atoms with van der Waals surface area (Å²) in [5, 5.41) is 5.16. The predicted molar refractivity (Wildman–Crippen MR) is 72.4 cm³/mol. The van der Waals surface area contributed by atoms with E-state index >= 15 is 0 Å². The first-order valence-corrected chi connectivity index (χ1v) is 6.23. The third-order valence-corrected chi connectivity index (χ3v) is 3.16. The van der Waals surface area contributed by atoms with Gasteiger partial charge in [0.2, 0.25) is 0 Å². The number of nitrogens with zero attached hydrogens (tertiary/aromatic N) is 6. The first kappa shape index (κ1) is 14.3. The van der Waals surface area contributed by atoms with E-state index < -0.39 is 17.6 Å². The second kappa shape index (κ2) is 4.42. The Bertz CT molecular complexity index is 940. The number of pyridine rings is 1. The van der Waals surface area contributed by atoms with E-state index in [9.17, 15) is 18.0 Å². The van der Waals surface area contributed by atoms with Crippen molar-refractivity contribution in [1.82, 2.24) is 24.3 Å². The summed E-state index contributed by atoms with van der Waals surface area (Å²) in [5.74, 6) is -1.50. The van der Waals surface area contributed by atoms with Crippen molar-refractivity contribution in [1.29, 1.82) is 0 Å². The van der Waals surface area contributed by atoms with Gasteiger partial charge in [0.25, 0.3) is 17.2 Å². The maximum Gasteiger partial charge on any atom is 0.453 e. The predicted octanol–water partition coefficient (Wildman–Crippen LogP) is 0.964. The van der Waals surface area contributed by atoms with E-state index in [2.05, 4.69) is 15.1 Å². The molecule has 116 valence electrons. The number of rotatable bonds is 1. The molecule has 3 aromatic rings. The minimum absolute atomic E-state index is 0.158. The Morgan fingerprint density at radius 3 is 2.55 bits per heavy atom. The molecule has 0 aromatic carbocycles. The molecule has 0 unspecified atom stereocenters. The summed E-state index contributed by atoms with van der Waals surface area (Å²) >= 11 is 0. The van der Waals surface area contributed by atoms with Crippen LogP contribution in [0.25, 0.3) is 16.7 Å².